The average Bonchev–Trinajstić information content (AvgIpc) is 3.84. The number of benzene rings is 3. The molecule has 3 amide bonds. The third-order valence-corrected chi connectivity index (χ3v) is 14.7. The van der Waals surface area contributed by atoms with Gasteiger partial charge in [-0.1, -0.05) is 37.3 Å². The lowest BCUT2D eigenvalue weighted by Gasteiger charge is -2.35. The minimum Gasteiger partial charge on any atom is -0.494 e. The van der Waals surface area contributed by atoms with Gasteiger partial charge in [0.15, 0.2) is 13.9 Å². The van der Waals surface area contributed by atoms with Crippen LogP contribution in [0.15, 0.2) is 66.7 Å². The molecule has 0 bridgehead atoms. The number of aliphatic hydroxyl groups excluding tert-OH is 2. The Hall–Kier alpha value is -4.11. The number of carbonyl (C=O) groups excluding carboxylic acids is 3. The van der Waals surface area contributed by atoms with Crippen LogP contribution >= 0.6 is 0 Å². The number of hydrogen-bond donors (Lipinski definition) is 4. The first kappa shape index (κ1) is 40.1. The van der Waals surface area contributed by atoms with Gasteiger partial charge in [0.1, 0.15) is 5.75 Å². The Morgan fingerprint density at radius 3 is 2.59 bits per heavy atom. The van der Waals surface area contributed by atoms with Crippen LogP contribution in [0.25, 0.3) is 0 Å². The number of carbonyl (C=O) groups is 3. The fourth-order valence-electron chi connectivity index (χ4n) is 9.73. The molecular formula is C43H56N4O8Si. The Kier molecular flexibility index (Phi) is 11.7. The van der Waals surface area contributed by atoms with Gasteiger partial charge in [0.05, 0.1) is 55.7 Å². The number of unbranched alkanes of at least 4 members (excludes halogenated alkanes) is 1. The molecule has 300 valence electrons. The first-order valence-corrected chi connectivity index (χ1v) is 23.2. The van der Waals surface area contributed by atoms with E-state index in [1.807, 2.05) is 93.7 Å². The maximum absolute atomic E-state index is 15.0. The molecule has 1 spiro atoms. The Bertz CT molecular complexity index is 1940. The van der Waals surface area contributed by atoms with E-state index in [2.05, 4.69) is 5.32 Å². The second kappa shape index (κ2) is 16.4. The standard InChI is InChI=1S/C43H56N4O8Si/c1-5-54-33-17-18-36-30(23-33)24-35(44-19-8-9-21-48)41(51)47(36)31-13-10-12-29(22-31)26-46-37-16-7-6-15-34(37)43(42(46)52)28(2)40(56(3,4)53)38(55-43)25-39(50)45-20-11-14-32(45)27-49/h6-7,10,12-13,15-18,22-23,28,32,35,38,40,44,48-49,53H,5,8-9,11,14,19-21,24-27H2,1-4H3/t28-,32-,35?,38+,40-,43+/m0/s1. The van der Waals surface area contributed by atoms with Crippen LogP contribution in [0.4, 0.5) is 17.1 Å². The van der Waals surface area contributed by atoms with Gasteiger partial charge in [0.25, 0.3) is 5.91 Å². The molecule has 7 rings (SSSR count). The van der Waals surface area contributed by atoms with Crippen LogP contribution in [0.3, 0.4) is 0 Å². The van der Waals surface area contributed by atoms with E-state index >= 15 is 4.79 Å². The Balaban J connectivity index is 1.19. The zero-order valence-corrected chi connectivity index (χ0v) is 33.9. The molecule has 2 fully saturated rings. The van der Waals surface area contributed by atoms with Crippen molar-refractivity contribution in [3.05, 3.63) is 83.4 Å². The Morgan fingerprint density at radius 1 is 1.04 bits per heavy atom. The number of para-hydroxylation sites is 1. The number of nitrogens with zero attached hydrogens (tertiary/aromatic N) is 3. The van der Waals surface area contributed by atoms with Gasteiger partial charge >= 0.3 is 0 Å². The van der Waals surface area contributed by atoms with Crippen molar-refractivity contribution in [2.75, 3.05) is 42.7 Å². The van der Waals surface area contributed by atoms with E-state index in [-0.39, 0.29) is 49.9 Å². The second-order valence-electron chi connectivity index (χ2n) is 16.2. The van der Waals surface area contributed by atoms with Crippen LogP contribution in [0.5, 0.6) is 5.75 Å². The lowest BCUT2D eigenvalue weighted by molar-refractivity contribution is -0.150. The van der Waals surface area contributed by atoms with Crippen molar-refractivity contribution in [1.29, 1.82) is 0 Å². The number of amides is 3. The first-order valence-electron chi connectivity index (χ1n) is 20.2. The predicted molar refractivity (Wildman–Crippen MR) is 216 cm³/mol. The third-order valence-electron chi connectivity index (χ3n) is 12.2. The van der Waals surface area contributed by atoms with Gasteiger partial charge in [-0.15, -0.1) is 0 Å². The summed E-state index contributed by atoms with van der Waals surface area (Å²) in [6.45, 7) is 9.51. The summed E-state index contributed by atoms with van der Waals surface area (Å²) >= 11 is 0. The average molecular weight is 785 g/mol. The molecule has 0 radical (unpaired) electrons. The highest BCUT2D eigenvalue weighted by molar-refractivity contribution is 6.71. The van der Waals surface area contributed by atoms with Crippen molar-refractivity contribution in [1.82, 2.24) is 10.2 Å². The lowest BCUT2D eigenvalue weighted by Crippen LogP contribution is -2.49. The summed E-state index contributed by atoms with van der Waals surface area (Å²) in [5, 5.41) is 22.6. The van der Waals surface area contributed by atoms with Crippen molar-refractivity contribution < 1.29 is 38.9 Å². The number of ether oxygens (including phenoxy) is 2. The number of rotatable bonds is 14. The van der Waals surface area contributed by atoms with Gasteiger partial charge in [-0.25, -0.2) is 0 Å². The highest BCUT2D eigenvalue weighted by atomic mass is 28.4. The molecule has 0 aromatic heterocycles. The molecule has 56 heavy (non-hydrogen) atoms. The first-order chi connectivity index (χ1) is 26.9. The summed E-state index contributed by atoms with van der Waals surface area (Å²) < 4.78 is 12.7. The van der Waals surface area contributed by atoms with Gasteiger partial charge in [0.2, 0.25) is 11.8 Å². The van der Waals surface area contributed by atoms with Crippen molar-refractivity contribution in [3.63, 3.8) is 0 Å². The number of likely N-dealkylation sites (tertiary alicyclic amines) is 1. The second-order valence-corrected chi connectivity index (χ2v) is 20.2. The minimum atomic E-state index is -2.99. The third kappa shape index (κ3) is 7.29. The summed E-state index contributed by atoms with van der Waals surface area (Å²) in [6.07, 6.45) is 2.82. The zero-order valence-electron chi connectivity index (χ0n) is 32.9. The van der Waals surface area contributed by atoms with Crippen molar-refractivity contribution in [2.45, 2.75) is 101 Å². The topological polar surface area (TPSA) is 152 Å². The SMILES string of the molecule is CCOc1ccc2c(c1)CC(NCCCCO)C(=O)N2c1cccc(CN2C(=O)[C@]3(O[C@H](CC(=O)N4CCC[C@H]4CO)[C@@H]([Si](C)(C)O)[C@@H]3C)c3ccccc32)c1. The van der Waals surface area contributed by atoms with Crippen molar-refractivity contribution in [2.24, 2.45) is 5.92 Å². The molecule has 4 heterocycles. The maximum Gasteiger partial charge on any atom is 0.264 e. The number of hydrogen-bond acceptors (Lipinski definition) is 9. The van der Waals surface area contributed by atoms with Crippen LogP contribution in [-0.4, -0.2) is 97.0 Å². The quantitative estimate of drug-likeness (QED) is 0.134. The number of nitrogens with one attached hydrogen (secondary N) is 1. The van der Waals surface area contributed by atoms with E-state index < -0.39 is 37.5 Å². The van der Waals surface area contributed by atoms with Crippen LogP contribution in [0, 0.1) is 5.92 Å². The molecule has 13 heteroatoms. The molecule has 2 saturated heterocycles. The summed E-state index contributed by atoms with van der Waals surface area (Å²) in [5.74, 6) is -0.131. The van der Waals surface area contributed by atoms with E-state index in [4.69, 9.17) is 9.47 Å². The largest absolute Gasteiger partial charge is 0.494 e. The summed E-state index contributed by atoms with van der Waals surface area (Å²) in [6, 6.07) is 20.4. The fraction of sp³-hybridized carbons (Fsp3) is 0.512. The highest BCUT2D eigenvalue weighted by Crippen LogP contribution is 2.60. The molecule has 0 saturated carbocycles. The predicted octanol–water partition coefficient (Wildman–Crippen LogP) is 4.75. The zero-order chi connectivity index (χ0) is 39.8. The van der Waals surface area contributed by atoms with Crippen molar-refractivity contribution in [3.8, 4) is 5.75 Å². The summed E-state index contributed by atoms with van der Waals surface area (Å²) in [7, 11) is -2.99. The van der Waals surface area contributed by atoms with Crippen LogP contribution in [-0.2, 0) is 37.7 Å². The molecule has 12 nitrogen and oxygen atoms in total. The molecule has 4 aliphatic rings. The molecule has 4 N–H and O–H groups in total. The van der Waals surface area contributed by atoms with Crippen LogP contribution in [0.2, 0.25) is 18.6 Å². The van der Waals surface area contributed by atoms with E-state index in [0.29, 0.717) is 43.9 Å². The summed E-state index contributed by atoms with van der Waals surface area (Å²) in [5.41, 5.74) is 2.89. The van der Waals surface area contributed by atoms with Gasteiger partial charge in [-0.2, -0.15) is 0 Å². The lowest BCUT2D eigenvalue weighted by atomic mass is 9.82. The van der Waals surface area contributed by atoms with E-state index in [9.17, 15) is 24.6 Å². The van der Waals surface area contributed by atoms with Gasteiger partial charge < -0.3 is 39.6 Å². The number of anilines is 3. The Labute approximate surface area is 330 Å². The minimum absolute atomic E-state index is 0.0242. The molecule has 6 atom stereocenters. The molecule has 4 aliphatic heterocycles. The highest BCUT2D eigenvalue weighted by Gasteiger charge is 2.66. The Morgan fingerprint density at radius 2 is 1.84 bits per heavy atom. The fourth-order valence-corrected chi connectivity index (χ4v) is 12.3. The molecule has 0 aliphatic carbocycles. The van der Waals surface area contributed by atoms with Crippen LogP contribution in [0.1, 0.15) is 62.6 Å². The molecule has 3 aromatic rings. The molecular weight excluding hydrogens is 729 g/mol. The summed E-state index contributed by atoms with van der Waals surface area (Å²) in [4.78, 5) is 59.9. The number of aliphatic hydroxyl groups is 2. The van der Waals surface area contributed by atoms with Crippen LogP contribution < -0.4 is 19.9 Å². The number of fused-ring (bicyclic) bond motifs is 3. The van der Waals surface area contributed by atoms with Gasteiger partial charge in [-0.3, -0.25) is 19.3 Å². The van der Waals surface area contributed by atoms with Gasteiger partial charge in [-0.05, 0) is 106 Å². The van der Waals surface area contributed by atoms with Gasteiger partial charge in [0, 0.05) is 35.9 Å². The molecule has 3 aromatic carbocycles. The monoisotopic (exact) mass is 784 g/mol. The smallest absolute Gasteiger partial charge is 0.264 e. The maximum atomic E-state index is 15.0. The van der Waals surface area contributed by atoms with E-state index in [1.54, 1.807) is 14.7 Å². The molecule has 1 unspecified atom stereocenters. The van der Waals surface area contributed by atoms with E-state index in [0.717, 1.165) is 47.4 Å². The van der Waals surface area contributed by atoms with Crippen molar-refractivity contribution >= 4 is 43.1 Å². The van der Waals surface area contributed by atoms with E-state index in [1.165, 1.54) is 0 Å². The normalized spacial score (nSPS) is 26.0.